The number of halogens is 2. The smallest absolute Gasteiger partial charge is 0.240 e. The molecular formula is C28H34F2N4O3. The minimum absolute atomic E-state index is 0.00368. The Balaban J connectivity index is 1.48. The lowest BCUT2D eigenvalue weighted by Gasteiger charge is -2.35. The van der Waals surface area contributed by atoms with E-state index in [4.69, 9.17) is 0 Å². The second-order valence-corrected chi connectivity index (χ2v) is 10.2. The van der Waals surface area contributed by atoms with Crippen LogP contribution in [-0.2, 0) is 27.3 Å². The number of amides is 3. The van der Waals surface area contributed by atoms with Crippen LogP contribution in [0.1, 0.15) is 37.8 Å². The van der Waals surface area contributed by atoms with Crippen LogP contribution in [0.3, 0.4) is 0 Å². The van der Waals surface area contributed by atoms with Crippen molar-refractivity contribution in [2.75, 3.05) is 19.6 Å². The zero-order chi connectivity index (χ0) is 26.5. The number of rotatable bonds is 9. The Morgan fingerprint density at radius 1 is 1.08 bits per heavy atom. The zero-order valence-corrected chi connectivity index (χ0v) is 21.3. The molecule has 0 saturated carbocycles. The molecule has 198 valence electrons. The fourth-order valence-electron chi connectivity index (χ4n) is 5.15. The molecule has 4 rings (SSSR count). The first kappa shape index (κ1) is 26.7. The number of benzene rings is 2. The summed E-state index contributed by atoms with van der Waals surface area (Å²) in [4.78, 5) is 42.3. The summed E-state index contributed by atoms with van der Waals surface area (Å²) in [6.07, 6.45) is 0.526. The van der Waals surface area contributed by atoms with Gasteiger partial charge in [-0.1, -0.05) is 30.3 Å². The highest BCUT2D eigenvalue weighted by molar-refractivity contribution is 5.89. The standard InChI is InChI=1S/C28H34F2N4O3/c1-18(2)34-17-21(13-26(34)35)27(36)32-24(12-20-10-22(29)14-23(30)11-20)15-25-28(37)33(9-8-31-25)16-19-6-4-3-5-7-19/h3-7,10-11,14,18,21,24-25,31H,8-9,12-13,15-17H2,1-2H3,(H,32,36)/t21?,24?,25-/m0/s1. The third-order valence-corrected chi connectivity index (χ3v) is 7.02. The largest absolute Gasteiger partial charge is 0.353 e. The van der Waals surface area contributed by atoms with Gasteiger partial charge in [0.05, 0.1) is 12.0 Å². The molecule has 2 aromatic carbocycles. The zero-order valence-electron chi connectivity index (χ0n) is 21.3. The van der Waals surface area contributed by atoms with Crippen LogP contribution in [0.4, 0.5) is 8.78 Å². The number of hydrogen-bond donors (Lipinski definition) is 2. The summed E-state index contributed by atoms with van der Waals surface area (Å²) in [5, 5.41) is 6.23. The second kappa shape index (κ2) is 11.8. The van der Waals surface area contributed by atoms with Crippen molar-refractivity contribution in [3.05, 3.63) is 71.3 Å². The minimum atomic E-state index is -0.699. The fraction of sp³-hybridized carbons (Fsp3) is 0.464. The van der Waals surface area contributed by atoms with E-state index in [2.05, 4.69) is 10.6 Å². The predicted octanol–water partition coefficient (Wildman–Crippen LogP) is 2.64. The summed E-state index contributed by atoms with van der Waals surface area (Å²) in [7, 11) is 0. The van der Waals surface area contributed by atoms with Gasteiger partial charge >= 0.3 is 0 Å². The van der Waals surface area contributed by atoms with Crippen LogP contribution in [0.15, 0.2) is 48.5 Å². The van der Waals surface area contributed by atoms with Crippen LogP contribution in [0.5, 0.6) is 0 Å². The van der Waals surface area contributed by atoms with E-state index >= 15 is 0 Å². The van der Waals surface area contributed by atoms with Gasteiger partial charge in [0.2, 0.25) is 17.7 Å². The van der Waals surface area contributed by atoms with E-state index in [-0.39, 0.29) is 43.0 Å². The summed E-state index contributed by atoms with van der Waals surface area (Å²) in [6, 6.07) is 11.9. The summed E-state index contributed by atoms with van der Waals surface area (Å²) < 4.78 is 27.8. The Morgan fingerprint density at radius 2 is 1.78 bits per heavy atom. The van der Waals surface area contributed by atoms with Crippen molar-refractivity contribution < 1.29 is 23.2 Å². The molecule has 0 radical (unpaired) electrons. The molecule has 2 aliphatic rings. The van der Waals surface area contributed by atoms with Gasteiger partial charge in [-0.05, 0) is 49.9 Å². The molecule has 2 saturated heterocycles. The van der Waals surface area contributed by atoms with Gasteiger partial charge in [-0.3, -0.25) is 14.4 Å². The van der Waals surface area contributed by atoms with Crippen molar-refractivity contribution in [2.45, 2.75) is 57.8 Å². The lowest BCUT2D eigenvalue weighted by molar-refractivity contribution is -0.137. The van der Waals surface area contributed by atoms with Crippen LogP contribution >= 0.6 is 0 Å². The van der Waals surface area contributed by atoms with Gasteiger partial charge in [0, 0.05) is 50.7 Å². The molecule has 2 unspecified atom stereocenters. The highest BCUT2D eigenvalue weighted by atomic mass is 19.1. The Hall–Kier alpha value is -3.33. The van der Waals surface area contributed by atoms with Crippen molar-refractivity contribution in [1.82, 2.24) is 20.4 Å². The molecule has 2 fully saturated rings. The first-order valence-electron chi connectivity index (χ1n) is 12.8. The van der Waals surface area contributed by atoms with Crippen LogP contribution in [0, 0.1) is 17.6 Å². The second-order valence-electron chi connectivity index (χ2n) is 10.2. The monoisotopic (exact) mass is 512 g/mol. The highest BCUT2D eigenvalue weighted by Crippen LogP contribution is 2.22. The maximum atomic E-state index is 13.9. The van der Waals surface area contributed by atoms with Crippen molar-refractivity contribution >= 4 is 17.7 Å². The summed E-state index contributed by atoms with van der Waals surface area (Å²) >= 11 is 0. The maximum absolute atomic E-state index is 13.9. The molecule has 0 aliphatic carbocycles. The number of carbonyl (C=O) groups excluding carboxylic acids is 3. The number of hydrogen-bond acceptors (Lipinski definition) is 4. The molecule has 0 spiro atoms. The Kier molecular flexibility index (Phi) is 8.53. The number of likely N-dealkylation sites (tertiary alicyclic amines) is 1. The Bertz CT molecular complexity index is 1110. The molecule has 7 nitrogen and oxygen atoms in total. The van der Waals surface area contributed by atoms with Crippen molar-refractivity contribution in [3.8, 4) is 0 Å². The van der Waals surface area contributed by atoms with Crippen LogP contribution < -0.4 is 10.6 Å². The number of piperazine rings is 1. The van der Waals surface area contributed by atoms with E-state index in [9.17, 15) is 23.2 Å². The molecule has 3 atom stereocenters. The maximum Gasteiger partial charge on any atom is 0.240 e. The quantitative estimate of drug-likeness (QED) is 0.541. The normalized spacial score (nSPS) is 21.0. The molecule has 2 heterocycles. The summed E-state index contributed by atoms with van der Waals surface area (Å²) in [5.41, 5.74) is 1.41. The van der Waals surface area contributed by atoms with E-state index in [1.807, 2.05) is 44.2 Å². The van der Waals surface area contributed by atoms with E-state index in [1.54, 1.807) is 9.80 Å². The number of nitrogens with zero attached hydrogens (tertiary/aromatic N) is 2. The average Bonchev–Trinajstić information content (AvgIpc) is 3.24. The SMILES string of the molecule is CC(C)N1CC(C(=O)NC(Cc2cc(F)cc(F)c2)C[C@@H]2NCCN(Cc3ccccc3)C2=O)CC1=O. The van der Waals surface area contributed by atoms with Gasteiger partial charge in [0.1, 0.15) is 11.6 Å². The van der Waals surface area contributed by atoms with Crippen LogP contribution in [0.2, 0.25) is 0 Å². The molecular weight excluding hydrogens is 478 g/mol. The van der Waals surface area contributed by atoms with E-state index < -0.39 is 29.6 Å². The van der Waals surface area contributed by atoms with Crippen LogP contribution in [-0.4, -0.2) is 65.3 Å². The molecule has 0 bridgehead atoms. The number of nitrogens with one attached hydrogen (secondary N) is 2. The summed E-state index contributed by atoms with van der Waals surface area (Å²) in [5.74, 6) is -2.35. The lowest BCUT2D eigenvalue weighted by Crippen LogP contribution is -2.57. The van der Waals surface area contributed by atoms with Gasteiger partial charge in [0.25, 0.3) is 0 Å². The van der Waals surface area contributed by atoms with Gasteiger partial charge < -0.3 is 20.4 Å². The first-order chi connectivity index (χ1) is 17.7. The highest BCUT2D eigenvalue weighted by Gasteiger charge is 2.37. The third-order valence-electron chi connectivity index (χ3n) is 7.02. The van der Waals surface area contributed by atoms with Gasteiger partial charge in [0.15, 0.2) is 0 Å². The molecule has 2 aliphatic heterocycles. The third kappa shape index (κ3) is 6.91. The molecule has 37 heavy (non-hydrogen) atoms. The van der Waals surface area contributed by atoms with Crippen molar-refractivity contribution in [2.24, 2.45) is 5.92 Å². The molecule has 3 amide bonds. The molecule has 0 aromatic heterocycles. The summed E-state index contributed by atoms with van der Waals surface area (Å²) in [6.45, 7) is 5.78. The van der Waals surface area contributed by atoms with E-state index in [1.165, 1.54) is 12.1 Å². The van der Waals surface area contributed by atoms with Gasteiger partial charge in [-0.2, -0.15) is 0 Å². The lowest BCUT2D eigenvalue weighted by atomic mass is 9.96. The predicted molar refractivity (Wildman–Crippen MR) is 135 cm³/mol. The van der Waals surface area contributed by atoms with Gasteiger partial charge in [-0.15, -0.1) is 0 Å². The Morgan fingerprint density at radius 3 is 2.43 bits per heavy atom. The molecule has 2 N–H and O–H groups in total. The fourth-order valence-corrected chi connectivity index (χ4v) is 5.15. The van der Waals surface area contributed by atoms with E-state index in [0.717, 1.165) is 11.6 Å². The number of carbonyl (C=O) groups is 3. The molecule has 2 aromatic rings. The first-order valence-corrected chi connectivity index (χ1v) is 12.8. The minimum Gasteiger partial charge on any atom is -0.353 e. The van der Waals surface area contributed by atoms with Crippen molar-refractivity contribution in [3.63, 3.8) is 0 Å². The van der Waals surface area contributed by atoms with Crippen LogP contribution in [0.25, 0.3) is 0 Å². The average molecular weight is 513 g/mol. The Labute approximate surface area is 216 Å². The van der Waals surface area contributed by atoms with Gasteiger partial charge in [-0.25, -0.2) is 8.78 Å². The molecule has 9 heteroatoms. The van der Waals surface area contributed by atoms with E-state index in [0.29, 0.717) is 31.7 Å². The topological polar surface area (TPSA) is 81.8 Å². The van der Waals surface area contributed by atoms with Crippen molar-refractivity contribution in [1.29, 1.82) is 0 Å².